The summed E-state index contributed by atoms with van der Waals surface area (Å²) in [5.41, 5.74) is 4.79. The summed E-state index contributed by atoms with van der Waals surface area (Å²) < 4.78 is 4.71. The number of ether oxygens (including phenoxy) is 1. The van der Waals surface area contributed by atoms with Crippen LogP contribution in [0.1, 0.15) is 33.2 Å². The van der Waals surface area contributed by atoms with Crippen LogP contribution in [0.3, 0.4) is 0 Å². The maximum atomic E-state index is 12.6. The van der Waals surface area contributed by atoms with Gasteiger partial charge in [-0.3, -0.25) is 4.79 Å². The summed E-state index contributed by atoms with van der Waals surface area (Å²) in [6.45, 7) is 2.13. The molecule has 0 aliphatic heterocycles. The first-order valence-electron chi connectivity index (χ1n) is 9.13. The van der Waals surface area contributed by atoms with Gasteiger partial charge >= 0.3 is 5.97 Å². The molecule has 1 aromatic heterocycles. The number of aromatic nitrogens is 1. The average molecular weight is 372 g/mol. The van der Waals surface area contributed by atoms with E-state index < -0.39 is 5.97 Å². The SMILES string of the molecule is CCc1cccc2c1[nH]c1cc(NC(=O)c3cccc(C(=O)OC)c3)ccc12. The van der Waals surface area contributed by atoms with Gasteiger partial charge in [0.1, 0.15) is 0 Å². The van der Waals surface area contributed by atoms with Gasteiger partial charge in [0.15, 0.2) is 0 Å². The molecular formula is C23H20N2O3. The zero-order valence-electron chi connectivity index (χ0n) is 15.7. The van der Waals surface area contributed by atoms with Crippen molar-refractivity contribution in [3.05, 3.63) is 77.4 Å². The Bertz CT molecular complexity index is 1210. The Labute approximate surface area is 162 Å². The summed E-state index contributed by atoms with van der Waals surface area (Å²) in [4.78, 5) is 27.8. The molecule has 1 amide bonds. The van der Waals surface area contributed by atoms with Gasteiger partial charge in [0, 0.05) is 33.1 Å². The summed E-state index contributed by atoms with van der Waals surface area (Å²) >= 11 is 0. The lowest BCUT2D eigenvalue weighted by molar-refractivity contribution is 0.0600. The van der Waals surface area contributed by atoms with Crippen LogP contribution < -0.4 is 5.32 Å². The molecule has 5 heteroatoms. The number of carbonyl (C=O) groups excluding carboxylic acids is 2. The number of benzene rings is 3. The lowest BCUT2D eigenvalue weighted by Crippen LogP contribution is -2.13. The highest BCUT2D eigenvalue weighted by Gasteiger charge is 2.12. The summed E-state index contributed by atoms with van der Waals surface area (Å²) in [5, 5.41) is 5.20. The molecule has 0 bridgehead atoms. The Kier molecular flexibility index (Phi) is 4.57. The van der Waals surface area contributed by atoms with Crippen molar-refractivity contribution in [2.75, 3.05) is 12.4 Å². The second-order valence-corrected chi connectivity index (χ2v) is 6.61. The van der Waals surface area contributed by atoms with Gasteiger partial charge < -0.3 is 15.0 Å². The second kappa shape index (κ2) is 7.19. The number of carbonyl (C=O) groups is 2. The molecule has 140 valence electrons. The van der Waals surface area contributed by atoms with Crippen molar-refractivity contribution in [1.82, 2.24) is 4.98 Å². The number of aromatic amines is 1. The van der Waals surface area contributed by atoms with Gasteiger partial charge in [-0.2, -0.15) is 0 Å². The summed E-state index contributed by atoms with van der Waals surface area (Å²) in [6.07, 6.45) is 0.949. The van der Waals surface area contributed by atoms with Crippen LogP contribution in [0.2, 0.25) is 0 Å². The van der Waals surface area contributed by atoms with Gasteiger partial charge in [-0.05, 0) is 42.3 Å². The zero-order chi connectivity index (χ0) is 19.7. The first-order chi connectivity index (χ1) is 13.6. The first-order valence-corrected chi connectivity index (χ1v) is 9.13. The van der Waals surface area contributed by atoms with E-state index in [1.165, 1.54) is 24.1 Å². The number of nitrogens with one attached hydrogen (secondary N) is 2. The number of esters is 1. The Morgan fingerprint density at radius 2 is 1.75 bits per heavy atom. The molecule has 0 aliphatic rings. The van der Waals surface area contributed by atoms with Gasteiger partial charge in [-0.15, -0.1) is 0 Å². The smallest absolute Gasteiger partial charge is 0.337 e. The van der Waals surface area contributed by atoms with Gasteiger partial charge in [-0.1, -0.05) is 37.3 Å². The van der Waals surface area contributed by atoms with Crippen molar-refractivity contribution in [2.24, 2.45) is 0 Å². The molecule has 0 radical (unpaired) electrons. The van der Waals surface area contributed by atoms with Crippen LogP contribution >= 0.6 is 0 Å². The molecular weight excluding hydrogens is 352 g/mol. The lowest BCUT2D eigenvalue weighted by atomic mass is 10.1. The number of aryl methyl sites for hydroxylation is 1. The fourth-order valence-corrected chi connectivity index (χ4v) is 3.47. The highest BCUT2D eigenvalue weighted by molar-refractivity contribution is 6.11. The summed E-state index contributed by atoms with van der Waals surface area (Å²) in [5.74, 6) is -0.753. The molecule has 3 aromatic carbocycles. The number of hydrogen-bond donors (Lipinski definition) is 2. The maximum Gasteiger partial charge on any atom is 0.337 e. The van der Waals surface area contributed by atoms with E-state index in [0.29, 0.717) is 16.8 Å². The predicted molar refractivity (Wildman–Crippen MR) is 111 cm³/mol. The zero-order valence-corrected chi connectivity index (χ0v) is 15.7. The Morgan fingerprint density at radius 1 is 0.964 bits per heavy atom. The topological polar surface area (TPSA) is 71.2 Å². The van der Waals surface area contributed by atoms with Crippen LogP contribution in [0.4, 0.5) is 5.69 Å². The molecule has 2 N–H and O–H groups in total. The van der Waals surface area contributed by atoms with Crippen LogP contribution in [0.5, 0.6) is 0 Å². The van der Waals surface area contributed by atoms with Crippen LogP contribution in [0.15, 0.2) is 60.7 Å². The highest BCUT2D eigenvalue weighted by Crippen LogP contribution is 2.29. The number of fused-ring (bicyclic) bond motifs is 3. The molecule has 0 spiro atoms. The predicted octanol–water partition coefficient (Wildman–Crippen LogP) is 4.92. The number of hydrogen-bond acceptors (Lipinski definition) is 3. The van der Waals surface area contributed by atoms with E-state index in [0.717, 1.165) is 22.8 Å². The Hall–Kier alpha value is -3.60. The molecule has 0 unspecified atom stereocenters. The molecule has 1 heterocycles. The van der Waals surface area contributed by atoms with E-state index in [1.807, 2.05) is 18.2 Å². The van der Waals surface area contributed by atoms with Gasteiger partial charge in [0.25, 0.3) is 5.91 Å². The minimum atomic E-state index is -0.471. The summed E-state index contributed by atoms with van der Waals surface area (Å²) in [6, 6.07) is 18.6. The van der Waals surface area contributed by atoms with Crippen LogP contribution in [0.25, 0.3) is 21.8 Å². The van der Waals surface area contributed by atoms with Gasteiger partial charge in [0.05, 0.1) is 12.7 Å². The highest BCUT2D eigenvalue weighted by atomic mass is 16.5. The van der Waals surface area contributed by atoms with Crippen molar-refractivity contribution in [3.63, 3.8) is 0 Å². The average Bonchev–Trinajstić information content (AvgIpc) is 3.11. The quantitative estimate of drug-likeness (QED) is 0.499. The molecule has 5 nitrogen and oxygen atoms in total. The van der Waals surface area contributed by atoms with E-state index >= 15 is 0 Å². The standard InChI is InChI=1S/C23H20N2O3/c1-3-14-6-5-9-19-18-11-10-17(13-20(18)25-21(14)19)24-22(26)15-7-4-8-16(12-15)23(27)28-2/h4-13,25H,3H2,1-2H3,(H,24,26). The normalized spacial score (nSPS) is 10.9. The largest absolute Gasteiger partial charge is 0.465 e. The van der Waals surface area contributed by atoms with Crippen LogP contribution in [-0.2, 0) is 11.2 Å². The van der Waals surface area contributed by atoms with Gasteiger partial charge in [-0.25, -0.2) is 4.79 Å². The minimum absolute atomic E-state index is 0.282. The Morgan fingerprint density at radius 3 is 2.54 bits per heavy atom. The third-order valence-electron chi connectivity index (χ3n) is 4.90. The fraction of sp³-hybridized carbons (Fsp3) is 0.130. The minimum Gasteiger partial charge on any atom is -0.465 e. The lowest BCUT2D eigenvalue weighted by Gasteiger charge is -2.07. The van der Waals surface area contributed by atoms with E-state index in [4.69, 9.17) is 4.74 Å². The van der Waals surface area contributed by atoms with Crippen molar-refractivity contribution < 1.29 is 14.3 Å². The van der Waals surface area contributed by atoms with Gasteiger partial charge in [0.2, 0.25) is 0 Å². The third-order valence-corrected chi connectivity index (χ3v) is 4.90. The van der Waals surface area contributed by atoms with Crippen molar-refractivity contribution >= 4 is 39.4 Å². The number of methoxy groups -OCH3 is 1. The van der Waals surface area contributed by atoms with Crippen molar-refractivity contribution in [2.45, 2.75) is 13.3 Å². The number of anilines is 1. The number of rotatable bonds is 4. The van der Waals surface area contributed by atoms with Crippen molar-refractivity contribution in [1.29, 1.82) is 0 Å². The molecule has 0 saturated heterocycles. The monoisotopic (exact) mass is 372 g/mol. The molecule has 28 heavy (non-hydrogen) atoms. The van der Waals surface area contributed by atoms with E-state index in [9.17, 15) is 9.59 Å². The van der Waals surface area contributed by atoms with E-state index in [2.05, 4.69) is 35.4 Å². The fourth-order valence-electron chi connectivity index (χ4n) is 3.47. The molecule has 4 rings (SSSR count). The van der Waals surface area contributed by atoms with Crippen LogP contribution in [-0.4, -0.2) is 24.0 Å². The second-order valence-electron chi connectivity index (χ2n) is 6.61. The molecule has 0 saturated carbocycles. The molecule has 0 aliphatic carbocycles. The first kappa shape index (κ1) is 17.8. The van der Waals surface area contributed by atoms with Crippen molar-refractivity contribution in [3.8, 4) is 0 Å². The van der Waals surface area contributed by atoms with E-state index in [1.54, 1.807) is 18.2 Å². The summed E-state index contributed by atoms with van der Waals surface area (Å²) in [7, 11) is 1.31. The molecule has 4 aromatic rings. The maximum absolute atomic E-state index is 12.6. The number of amides is 1. The molecule has 0 fully saturated rings. The van der Waals surface area contributed by atoms with Crippen LogP contribution in [0, 0.1) is 0 Å². The number of para-hydroxylation sites is 1. The van der Waals surface area contributed by atoms with E-state index in [-0.39, 0.29) is 5.91 Å². The third kappa shape index (κ3) is 3.11. The number of H-pyrrole nitrogens is 1. The molecule has 0 atom stereocenters. The Balaban J connectivity index is 1.66.